The van der Waals surface area contributed by atoms with Crippen LogP contribution in [0, 0.1) is 0 Å². The fourth-order valence-corrected chi connectivity index (χ4v) is 3.28. The van der Waals surface area contributed by atoms with E-state index in [1.807, 2.05) is 18.2 Å². The summed E-state index contributed by atoms with van der Waals surface area (Å²) in [7, 11) is 1.52. The van der Waals surface area contributed by atoms with Gasteiger partial charge in [0.15, 0.2) is 0 Å². The summed E-state index contributed by atoms with van der Waals surface area (Å²) < 4.78 is 1.15. The van der Waals surface area contributed by atoms with Gasteiger partial charge in [-0.25, -0.2) is 4.68 Å². The lowest BCUT2D eigenvalue weighted by Gasteiger charge is -2.29. The molecule has 2 amide bonds. The molecule has 8 nitrogen and oxygen atoms in total. The van der Waals surface area contributed by atoms with Crippen LogP contribution in [0.4, 0.5) is 5.69 Å². The predicted molar refractivity (Wildman–Crippen MR) is 107 cm³/mol. The van der Waals surface area contributed by atoms with Crippen molar-refractivity contribution in [3.05, 3.63) is 87.6 Å². The van der Waals surface area contributed by atoms with Gasteiger partial charge in [0.1, 0.15) is 11.4 Å². The minimum absolute atomic E-state index is 0.228. The molecule has 146 valence electrons. The van der Waals surface area contributed by atoms with Crippen molar-refractivity contribution in [2.75, 3.05) is 11.9 Å². The number of pyridine rings is 1. The van der Waals surface area contributed by atoms with Crippen molar-refractivity contribution < 1.29 is 9.59 Å². The van der Waals surface area contributed by atoms with E-state index >= 15 is 0 Å². The SMILES string of the molecule is Cn1nc(C(=O)N2CCc3ccc(NC(=O)c4ccccn4)cc3C2)ccc1=O. The molecule has 0 fully saturated rings. The highest BCUT2D eigenvalue weighted by Crippen LogP contribution is 2.24. The van der Waals surface area contributed by atoms with Crippen molar-refractivity contribution in [1.82, 2.24) is 19.7 Å². The van der Waals surface area contributed by atoms with Crippen LogP contribution in [0.25, 0.3) is 0 Å². The molecule has 0 unspecified atom stereocenters. The molecule has 2 aromatic heterocycles. The summed E-state index contributed by atoms with van der Waals surface area (Å²) in [5, 5.41) is 6.89. The third-order valence-electron chi connectivity index (χ3n) is 4.84. The molecule has 0 saturated heterocycles. The van der Waals surface area contributed by atoms with E-state index in [0.717, 1.165) is 15.8 Å². The van der Waals surface area contributed by atoms with Crippen LogP contribution in [0.1, 0.15) is 32.1 Å². The second-order valence-corrected chi connectivity index (χ2v) is 6.81. The molecule has 1 N–H and O–H groups in total. The van der Waals surface area contributed by atoms with E-state index in [9.17, 15) is 14.4 Å². The van der Waals surface area contributed by atoms with Gasteiger partial charge in [-0.15, -0.1) is 0 Å². The van der Waals surface area contributed by atoms with E-state index in [4.69, 9.17) is 0 Å². The van der Waals surface area contributed by atoms with E-state index < -0.39 is 0 Å². The predicted octanol–water partition coefficient (Wildman–Crippen LogP) is 1.63. The van der Waals surface area contributed by atoms with Gasteiger partial charge in [-0.1, -0.05) is 12.1 Å². The average Bonchev–Trinajstić information content (AvgIpc) is 2.75. The van der Waals surface area contributed by atoms with Gasteiger partial charge in [0.05, 0.1) is 0 Å². The number of benzene rings is 1. The standard InChI is InChI=1S/C21H19N5O3/c1-25-19(27)8-7-18(24-25)21(29)26-11-9-14-5-6-16(12-15(14)13-26)23-20(28)17-4-2-3-10-22-17/h2-8,10,12H,9,11,13H2,1H3,(H,23,28). The van der Waals surface area contributed by atoms with Gasteiger partial charge < -0.3 is 10.2 Å². The first kappa shape index (κ1) is 18.5. The number of anilines is 1. The van der Waals surface area contributed by atoms with Crippen LogP contribution in [-0.2, 0) is 20.0 Å². The molecule has 0 spiro atoms. The Morgan fingerprint density at radius 1 is 1.03 bits per heavy atom. The number of nitrogens with one attached hydrogen (secondary N) is 1. The molecule has 0 atom stereocenters. The number of carbonyl (C=O) groups is 2. The summed E-state index contributed by atoms with van der Waals surface area (Å²) in [5.41, 5.74) is 3.05. The fourth-order valence-electron chi connectivity index (χ4n) is 3.28. The molecule has 3 aromatic rings. The largest absolute Gasteiger partial charge is 0.333 e. The Balaban J connectivity index is 1.52. The Bertz CT molecular complexity index is 1140. The number of nitrogens with zero attached hydrogens (tertiary/aromatic N) is 4. The summed E-state index contributed by atoms with van der Waals surface area (Å²) in [4.78, 5) is 42.4. The smallest absolute Gasteiger partial charge is 0.274 e. The average molecular weight is 389 g/mol. The zero-order valence-corrected chi connectivity index (χ0v) is 15.8. The minimum Gasteiger partial charge on any atom is -0.333 e. The van der Waals surface area contributed by atoms with Crippen LogP contribution in [0.5, 0.6) is 0 Å². The minimum atomic E-state index is -0.288. The second-order valence-electron chi connectivity index (χ2n) is 6.81. The first-order chi connectivity index (χ1) is 14.0. The van der Waals surface area contributed by atoms with Crippen LogP contribution in [0.15, 0.2) is 59.5 Å². The Morgan fingerprint density at radius 3 is 2.66 bits per heavy atom. The third kappa shape index (κ3) is 3.91. The van der Waals surface area contributed by atoms with E-state index in [2.05, 4.69) is 15.4 Å². The van der Waals surface area contributed by atoms with Gasteiger partial charge in [-0.05, 0) is 47.9 Å². The van der Waals surface area contributed by atoms with Gasteiger partial charge in [0.2, 0.25) is 0 Å². The number of hydrogen-bond donors (Lipinski definition) is 1. The fraction of sp³-hybridized carbons (Fsp3) is 0.190. The van der Waals surface area contributed by atoms with Crippen LogP contribution in [-0.4, -0.2) is 38.0 Å². The highest BCUT2D eigenvalue weighted by Gasteiger charge is 2.23. The third-order valence-corrected chi connectivity index (χ3v) is 4.84. The van der Waals surface area contributed by atoms with Crippen molar-refractivity contribution in [3.63, 3.8) is 0 Å². The van der Waals surface area contributed by atoms with Gasteiger partial charge in [0.25, 0.3) is 17.4 Å². The molecule has 0 radical (unpaired) electrons. The lowest BCUT2D eigenvalue weighted by Crippen LogP contribution is -2.37. The van der Waals surface area contributed by atoms with Crippen molar-refractivity contribution in [3.8, 4) is 0 Å². The number of rotatable bonds is 3. The maximum atomic E-state index is 12.8. The van der Waals surface area contributed by atoms with Crippen molar-refractivity contribution in [2.24, 2.45) is 7.05 Å². The Kier molecular flexibility index (Phi) is 4.90. The Morgan fingerprint density at radius 2 is 1.90 bits per heavy atom. The summed E-state index contributed by atoms with van der Waals surface area (Å²) in [6.45, 7) is 0.974. The van der Waals surface area contributed by atoms with Gasteiger partial charge >= 0.3 is 0 Å². The molecule has 1 aliphatic rings. The van der Waals surface area contributed by atoms with E-state index in [1.54, 1.807) is 29.3 Å². The highest BCUT2D eigenvalue weighted by molar-refractivity contribution is 6.02. The van der Waals surface area contributed by atoms with Crippen molar-refractivity contribution in [1.29, 1.82) is 0 Å². The first-order valence-electron chi connectivity index (χ1n) is 9.19. The normalized spacial score (nSPS) is 12.9. The van der Waals surface area contributed by atoms with Crippen molar-refractivity contribution in [2.45, 2.75) is 13.0 Å². The lowest BCUT2D eigenvalue weighted by molar-refractivity contribution is 0.0726. The highest BCUT2D eigenvalue weighted by atomic mass is 16.2. The van der Waals surface area contributed by atoms with Crippen LogP contribution in [0.2, 0.25) is 0 Å². The number of carbonyl (C=O) groups excluding carboxylic acids is 2. The molecule has 1 aliphatic heterocycles. The summed E-state index contributed by atoms with van der Waals surface area (Å²) >= 11 is 0. The van der Waals surface area contributed by atoms with Gasteiger partial charge in [0, 0.05) is 38.1 Å². The molecule has 1 aromatic carbocycles. The Labute approximate surface area is 166 Å². The van der Waals surface area contributed by atoms with E-state index in [0.29, 0.717) is 30.9 Å². The number of hydrogen-bond acceptors (Lipinski definition) is 5. The molecular weight excluding hydrogens is 370 g/mol. The number of fused-ring (bicyclic) bond motifs is 1. The van der Waals surface area contributed by atoms with Crippen LogP contribution < -0.4 is 10.9 Å². The van der Waals surface area contributed by atoms with E-state index in [-0.39, 0.29) is 23.1 Å². The first-order valence-corrected chi connectivity index (χ1v) is 9.19. The topological polar surface area (TPSA) is 97.2 Å². The summed E-state index contributed by atoms with van der Waals surface area (Å²) in [6.07, 6.45) is 2.28. The van der Waals surface area contributed by atoms with Crippen LogP contribution in [0.3, 0.4) is 0 Å². The molecule has 4 rings (SSSR count). The number of aryl methyl sites for hydroxylation is 1. The summed E-state index contributed by atoms with van der Waals surface area (Å²) in [6, 6.07) is 13.6. The monoisotopic (exact) mass is 389 g/mol. The zero-order valence-electron chi connectivity index (χ0n) is 15.8. The molecule has 8 heteroatoms. The zero-order chi connectivity index (χ0) is 20.4. The molecule has 0 saturated carbocycles. The summed E-state index contributed by atoms with van der Waals surface area (Å²) in [5.74, 6) is -0.516. The van der Waals surface area contributed by atoms with Gasteiger partial charge in [-0.3, -0.25) is 19.4 Å². The molecule has 3 heterocycles. The second kappa shape index (κ2) is 7.67. The lowest BCUT2D eigenvalue weighted by atomic mass is 9.98. The number of aromatic nitrogens is 3. The number of amides is 2. The maximum absolute atomic E-state index is 12.8. The van der Waals surface area contributed by atoms with Gasteiger partial charge in [-0.2, -0.15) is 5.10 Å². The van der Waals surface area contributed by atoms with Crippen LogP contribution >= 0.6 is 0 Å². The molecule has 0 aliphatic carbocycles. The quantitative estimate of drug-likeness (QED) is 0.734. The molecular formula is C21H19N5O3. The maximum Gasteiger partial charge on any atom is 0.274 e. The van der Waals surface area contributed by atoms with Crippen molar-refractivity contribution >= 4 is 17.5 Å². The molecule has 29 heavy (non-hydrogen) atoms. The Hall–Kier alpha value is -3.81. The molecule has 0 bridgehead atoms. The van der Waals surface area contributed by atoms with E-state index in [1.165, 1.54) is 19.2 Å².